The van der Waals surface area contributed by atoms with E-state index >= 15 is 0 Å². The molecule has 0 spiro atoms. The van der Waals surface area contributed by atoms with E-state index in [-0.39, 0.29) is 24.2 Å². The Morgan fingerprint density at radius 2 is 1.85 bits per heavy atom. The van der Waals surface area contributed by atoms with Gasteiger partial charge in [-0.25, -0.2) is 0 Å². The van der Waals surface area contributed by atoms with Gasteiger partial charge < -0.3 is 19.7 Å². The normalized spacial score (nSPS) is 16.3. The fourth-order valence-electron chi connectivity index (χ4n) is 3.25. The van der Waals surface area contributed by atoms with Crippen LogP contribution in [0.4, 0.5) is 5.69 Å². The summed E-state index contributed by atoms with van der Waals surface area (Å²) in [4.78, 5) is 26.7. The summed E-state index contributed by atoms with van der Waals surface area (Å²) in [6.07, 6.45) is 0.193. The number of hydrogen-bond donors (Lipinski definition) is 1. The molecule has 0 unspecified atom stereocenters. The molecule has 3 rings (SSSR count). The van der Waals surface area contributed by atoms with E-state index < -0.39 is 0 Å². The topological polar surface area (TPSA) is 67.9 Å². The highest BCUT2D eigenvalue weighted by atomic mass is 16.5. The van der Waals surface area contributed by atoms with Gasteiger partial charge in [0.05, 0.1) is 25.3 Å². The van der Waals surface area contributed by atoms with Crippen LogP contribution in [0.25, 0.3) is 0 Å². The molecule has 1 atom stereocenters. The van der Waals surface area contributed by atoms with Gasteiger partial charge in [0.1, 0.15) is 11.5 Å². The van der Waals surface area contributed by atoms with Gasteiger partial charge in [0.25, 0.3) is 0 Å². The van der Waals surface area contributed by atoms with E-state index in [1.54, 1.807) is 12.0 Å². The van der Waals surface area contributed by atoms with Crippen LogP contribution in [0.3, 0.4) is 0 Å². The van der Waals surface area contributed by atoms with Crippen molar-refractivity contribution in [2.24, 2.45) is 5.92 Å². The monoisotopic (exact) mass is 368 g/mol. The highest BCUT2D eigenvalue weighted by Gasteiger charge is 2.36. The molecule has 2 amide bonds. The summed E-state index contributed by atoms with van der Waals surface area (Å²) in [6.45, 7) is 3.13. The Morgan fingerprint density at radius 3 is 2.59 bits per heavy atom. The van der Waals surface area contributed by atoms with Gasteiger partial charge in [0.15, 0.2) is 0 Å². The summed E-state index contributed by atoms with van der Waals surface area (Å²) in [5.41, 5.74) is 1.61. The molecule has 1 aliphatic heterocycles. The smallest absolute Gasteiger partial charge is 0.227 e. The van der Waals surface area contributed by atoms with Crippen LogP contribution in [0.2, 0.25) is 0 Å². The van der Waals surface area contributed by atoms with E-state index in [0.717, 1.165) is 11.3 Å². The number of rotatable bonds is 7. The molecular formula is C21H24N2O4. The number of carbonyl (C=O) groups is 2. The fraction of sp³-hybridized carbons (Fsp3) is 0.333. The van der Waals surface area contributed by atoms with Crippen molar-refractivity contribution in [3.63, 3.8) is 0 Å². The number of carbonyl (C=O) groups excluding carboxylic acids is 2. The molecular weight excluding hydrogens is 344 g/mol. The summed E-state index contributed by atoms with van der Waals surface area (Å²) in [5, 5.41) is 2.92. The number of amides is 2. The average Bonchev–Trinajstić information content (AvgIpc) is 3.08. The lowest BCUT2D eigenvalue weighted by molar-refractivity contribution is -0.126. The maximum absolute atomic E-state index is 12.6. The van der Waals surface area contributed by atoms with Crippen LogP contribution in [0, 0.1) is 5.92 Å². The highest BCUT2D eigenvalue weighted by Crippen LogP contribution is 2.33. The van der Waals surface area contributed by atoms with Crippen molar-refractivity contribution < 1.29 is 19.1 Å². The van der Waals surface area contributed by atoms with E-state index in [0.29, 0.717) is 31.1 Å². The van der Waals surface area contributed by atoms with Crippen molar-refractivity contribution in [3.05, 3.63) is 54.1 Å². The zero-order valence-corrected chi connectivity index (χ0v) is 15.6. The molecule has 1 fully saturated rings. The molecule has 27 heavy (non-hydrogen) atoms. The van der Waals surface area contributed by atoms with Crippen LogP contribution >= 0.6 is 0 Å². The third kappa shape index (κ3) is 4.22. The predicted octanol–water partition coefficient (Wildman–Crippen LogP) is 2.76. The fourth-order valence-corrected chi connectivity index (χ4v) is 3.25. The van der Waals surface area contributed by atoms with E-state index in [1.165, 1.54) is 0 Å². The van der Waals surface area contributed by atoms with Gasteiger partial charge in [0, 0.05) is 25.1 Å². The van der Waals surface area contributed by atoms with Gasteiger partial charge in [-0.2, -0.15) is 0 Å². The second kappa shape index (κ2) is 8.58. The van der Waals surface area contributed by atoms with Crippen molar-refractivity contribution in [3.8, 4) is 11.5 Å². The number of nitrogens with zero attached hydrogens (tertiary/aromatic N) is 1. The SMILES string of the molecule is CCOc1ccccc1N1C[C@@H](C(=O)NCc2ccccc2OC)CC1=O. The van der Waals surface area contributed by atoms with Crippen molar-refractivity contribution in [1.82, 2.24) is 5.32 Å². The Kier molecular flexibility index (Phi) is 5.96. The van der Waals surface area contributed by atoms with Gasteiger partial charge in [-0.3, -0.25) is 9.59 Å². The zero-order chi connectivity index (χ0) is 19.2. The first-order chi connectivity index (χ1) is 13.1. The number of ether oxygens (including phenoxy) is 2. The molecule has 0 saturated carbocycles. The van der Waals surface area contributed by atoms with Crippen molar-refractivity contribution in [1.29, 1.82) is 0 Å². The van der Waals surface area contributed by atoms with Crippen LogP contribution in [-0.4, -0.2) is 32.1 Å². The summed E-state index contributed by atoms with van der Waals surface area (Å²) in [7, 11) is 1.60. The first-order valence-corrected chi connectivity index (χ1v) is 9.05. The van der Waals surface area contributed by atoms with Gasteiger partial charge in [0.2, 0.25) is 11.8 Å². The molecule has 1 aliphatic rings. The summed E-state index contributed by atoms with van der Waals surface area (Å²) in [5.74, 6) is 0.795. The Bertz CT molecular complexity index is 821. The predicted molar refractivity (Wildman–Crippen MR) is 103 cm³/mol. The summed E-state index contributed by atoms with van der Waals surface area (Å²) in [6, 6.07) is 14.9. The molecule has 1 heterocycles. The zero-order valence-electron chi connectivity index (χ0n) is 15.6. The summed E-state index contributed by atoms with van der Waals surface area (Å²) >= 11 is 0. The maximum atomic E-state index is 12.6. The lowest BCUT2D eigenvalue weighted by Crippen LogP contribution is -2.32. The number of para-hydroxylation sites is 3. The maximum Gasteiger partial charge on any atom is 0.227 e. The third-order valence-electron chi connectivity index (χ3n) is 4.60. The molecule has 1 N–H and O–H groups in total. The first-order valence-electron chi connectivity index (χ1n) is 9.05. The summed E-state index contributed by atoms with van der Waals surface area (Å²) < 4.78 is 10.9. The number of benzene rings is 2. The van der Waals surface area contributed by atoms with Gasteiger partial charge in [-0.15, -0.1) is 0 Å². The molecule has 0 aliphatic carbocycles. The number of nitrogens with one attached hydrogen (secondary N) is 1. The Hall–Kier alpha value is -3.02. The molecule has 0 radical (unpaired) electrons. The minimum Gasteiger partial charge on any atom is -0.496 e. The molecule has 0 bridgehead atoms. The molecule has 0 aromatic heterocycles. The van der Waals surface area contributed by atoms with Gasteiger partial charge in [-0.05, 0) is 25.1 Å². The first kappa shape index (κ1) is 18.8. The second-order valence-electron chi connectivity index (χ2n) is 6.34. The van der Waals surface area contributed by atoms with Crippen molar-refractivity contribution in [2.75, 3.05) is 25.2 Å². The quantitative estimate of drug-likeness (QED) is 0.816. The van der Waals surface area contributed by atoms with E-state index in [9.17, 15) is 9.59 Å². The van der Waals surface area contributed by atoms with Crippen LogP contribution in [-0.2, 0) is 16.1 Å². The lowest BCUT2D eigenvalue weighted by atomic mass is 10.1. The number of methoxy groups -OCH3 is 1. The Labute approximate surface area is 159 Å². The second-order valence-corrected chi connectivity index (χ2v) is 6.34. The third-order valence-corrected chi connectivity index (χ3v) is 4.60. The molecule has 6 nitrogen and oxygen atoms in total. The average molecular weight is 368 g/mol. The van der Waals surface area contributed by atoms with Crippen LogP contribution in [0.1, 0.15) is 18.9 Å². The number of hydrogen-bond acceptors (Lipinski definition) is 4. The molecule has 1 saturated heterocycles. The largest absolute Gasteiger partial charge is 0.496 e. The van der Waals surface area contributed by atoms with Gasteiger partial charge >= 0.3 is 0 Å². The van der Waals surface area contributed by atoms with Crippen molar-refractivity contribution >= 4 is 17.5 Å². The number of anilines is 1. The molecule has 6 heteroatoms. The van der Waals surface area contributed by atoms with Crippen LogP contribution in [0.5, 0.6) is 11.5 Å². The highest BCUT2D eigenvalue weighted by molar-refractivity contribution is 6.01. The van der Waals surface area contributed by atoms with Crippen LogP contribution < -0.4 is 19.7 Å². The Balaban J connectivity index is 1.66. The Morgan fingerprint density at radius 1 is 1.15 bits per heavy atom. The minimum atomic E-state index is -0.387. The van der Waals surface area contributed by atoms with E-state index in [4.69, 9.17) is 9.47 Å². The molecule has 2 aromatic rings. The molecule has 142 valence electrons. The van der Waals surface area contributed by atoms with Gasteiger partial charge in [-0.1, -0.05) is 30.3 Å². The van der Waals surface area contributed by atoms with Crippen molar-refractivity contribution in [2.45, 2.75) is 19.9 Å². The van der Waals surface area contributed by atoms with E-state index in [2.05, 4.69) is 5.32 Å². The minimum absolute atomic E-state index is 0.0698. The molecule has 2 aromatic carbocycles. The van der Waals surface area contributed by atoms with E-state index in [1.807, 2.05) is 55.5 Å². The standard InChI is InChI=1S/C21H24N2O4/c1-3-27-19-11-7-5-9-17(19)23-14-16(12-20(23)24)21(25)22-13-15-8-4-6-10-18(15)26-2/h4-11,16H,3,12-14H2,1-2H3,(H,22,25)/t16-/m0/s1. The lowest BCUT2D eigenvalue weighted by Gasteiger charge is -2.20. The van der Waals surface area contributed by atoms with Crippen LogP contribution in [0.15, 0.2) is 48.5 Å².